The van der Waals surface area contributed by atoms with Gasteiger partial charge in [0.1, 0.15) is 11.1 Å². The third-order valence-electron chi connectivity index (χ3n) is 5.75. The van der Waals surface area contributed by atoms with Gasteiger partial charge in [-0.2, -0.15) is 17.6 Å². The van der Waals surface area contributed by atoms with Crippen LogP contribution in [-0.4, -0.2) is 13.2 Å². The number of hydrogen-bond donors (Lipinski definition) is 0. The summed E-state index contributed by atoms with van der Waals surface area (Å²) in [6.45, 7) is 3.58. The Hall–Kier alpha value is -2.96. The summed E-state index contributed by atoms with van der Waals surface area (Å²) in [4.78, 5) is 0. The highest BCUT2D eigenvalue weighted by molar-refractivity contribution is 5.50. The summed E-state index contributed by atoms with van der Waals surface area (Å²) in [5.74, 6) is -15.1. The maximum absolute atomic E-state index is 14.4. The van der Waals surface area contributed by atoms with Crippen LogP contribution in [0.15, 0.2) is 0 Å². The monoisotopic (exact) mass is 550 g/mol. The van der Waals surface area contributed by atoms with Gasteiger partial charge >= 0.3 is 0 Å². The fourth-order valence-electron chi connectivity index (χ4n) is 3.58. The Bertz CT molecular complexity index is 1010. The van der Waals surface area contributed by atoms with Crippen molar-refractivity contribution in [2.45, 2.75) is 78.1 Å². The lowest BCUT2D eigenvalue weighted by Gasteiger charge is -2.11. The quantitative estimate of drug-likeness (QED) is 0.101. The van der Waals surface area contributed by atoms with Crippen LogP contribution in [0.5, 0.6) is 11.5 Å². The van der Waals surface area contributed by atoms with Gasteiger partial charge < -0.3 is 9.47 Å². The maximum Gasteiger partial charge on any atom is 0.205 e. The van der Waals surface area contributed by atoms with Crippen molar-refractivity contribution in [1.29, 1.82) is 0 Å². The molecule has 2 rings (SSSR count). The molecule has 2 nitrogen and oxygen atoms in total. The SMILES string of the molecule is CCCCCCCOc1c(F)c(F)c(C#Cc2c(F)c(F)c(OCCCCCCC)c(F)c2F)c(F)c1F. The molecule has 0 aliphatic carbocycles. The first-order chi connectivity index (χ1) is 18.2. The van der Waals surface area contributed by atoms with E-state index < -0.39 is 69.2 Å². The Balaban J connectivity index is 2.27. The predicted octanol–water partition coefficient (Wildman–Crippen LogP) is 8.90. The van der Waals surface area contributed by atoms with Gasteiger partial charge in [0.05, 0.1) is 13.2 Å². The molecule has 0 aromatic heterocycles. The number of benzene rings is 2. The third-order valence-corrected chi connectivity index (χ3v) is 5.75. The van der Waals surface area contributed by atoms with Crippen LogP contribution < -0.4 is 9.47 Å². The van der Waals surface area contributed by atoms with E-state index in [0.717, 1.165) is 38.5 Å². The van der Waals surface area contributed by atoms with Crippen molar-refractivity contribution in [1.82, 2.24) is 0 Å². The predicted molar refractivity (Wildman–Crippen MR) is 127 cm³/mol. The van der Waals surface area contributed by atoms with Crippen LogP contribution in [0.4, 0.5) is 35.1 Å². The van der Waals surface area contributed by atoms with E-state index in [9.17, 15) is 35.1 Å². The Labute approximate surface area is 217 Å². The van der Waals surface area contributed by atoms with Crippen LogP contribution in [0.3, 0.4) is 0 Å². The van der Waals surface area contributed by atoms with Gasteiger partial charge in [0.25, 0.3) is 0 Å². The number of ether oxygens (including phenoxy) is 2. The minimum Gasteiger partial charge on any atom is -0.487 e. The molecular formula is C28H30F8O2. The molecule has 10 heteroatoms. The summed E-state index contributed by atoms with van der Waals surface area (Å²) in [6, 6.07) is 0. The van der Waals surface area contributed by atoms with Crippen molar-refractivity contribution in [3.8, 4) is 23.3 Å². The average molecular weight is 551 g/mol. The molecule has 0 aliphatic rings. The molecule has 0 bridgehead atoms. The summed E-state index contributed by atoms with van der Waals surface area (Å²) in [7, 11) is 0. The van der Waals surface area contributed by atoms with Gasteiger partial charge in [0.2, 0.25) is 23.3 Å². The maximum atomic E-state index is 14.4. The summed E-state index contributed by atoms with van der Waals surface area (Å²) < 4.78 is 125. The first kappa shape index (κ1) is 31.3. The lowest BCUT2D eigenvalue weighted by atomic mass is 10.1. The van der Waals surface area contributed by atoms with Crippen molar-refractivity contribution in [2.24, 2.45) is 0 Å². The molecule has 0 saturated carbocycles. The van der Waals surface area contributed by atoms with E-state index in [1.54, 1.807) is 0 Å². The minimum absolute atomic E-state index is 0.205. The second kappa shape index (κ2) is 15.5. The zero-order valence-electron chi connectivity index (χ0n) is 21.3. The highest BCUT2D eigenvalue weighted by Gasteiger charge is 2.28. The molecule has 0 saturated heterocycles. The fraction of sp³-hybridized carbons (Fsp3) is 0.500. The molecule has 38 heavy (non-hydrogen) atoms. The van der Waals surface area contributed by atoms with Gasteiger partial charge in [0.15, 0.2) is 34.8 Å². The van der Waals surface area contributed by atoms with Crippen molar-refractivity contribution >= 4 is 0 Å². The molecule has 2 aromatic rings. The van der Waals surface area contributed by atoms with Crippen molar-refractivity contribution in [3.05, 3.63) is 57.7 Å². The second-order valence-electron chi connectivity index (χ2n) is 8.70. The summed E-state index contributed by atoms with van der Waals surface area (Å²) in [6.07, 6.45) is 7.66. The first-order valence-electron chi connectivity index (χ1n) is 12.7. The zero-order chi connectivity index (χ0) is 28.2. The van der Waals surface area contributed by atoms with Crippen LogP contribution >= 0.6 is 0 Å². The normalized spacial score (nSPS) is 10.9. The van der Waals surface area contributed by atoms with Crippen LogP contribution in [0, 0.1) is 58.4 Å². The highest BCUT2D eigenvalue weighted by Crippen LogP contribution is 2.32. The lowest BCUT2D eigenvalue weighted by molar-refractivity contribution is 0.263. The lowest BCUT2D eigenvalue weighted by Crippen LogP contribution is -2.09. The largest absolute Gasteiger partial charge is 0.487 e. The molecule has 0 heterocycles. The van der Waals surface area contributed by atoms with E-state index in [1.807, 2.05) is 13.8 Å². The Morgan fingerprint density at radius 3 is 1.00 bits per heavy atom. The van der Waals surface area contributed by atoms with Crippen molar-refractivity contribution in [2.75, 3.05) is 13.2 Å². The summed E-state index contributed by atoms with van der Waals surface area (Å²) in [5, 5.41) is 0. The summed E-state index contributed by atoms with van der Waals surface area (Å²) >= 11 is 0. The average Bonchev–Trinajstić information content (AvgIpc) is 2.90. The number of hydrogen-bond acceptors (Lipinski definition) is 2. The zero-order valence-corrected chi connectivity index (χ0v) is 21.3. The van der Waals surface area contributed by atoms with Crippen LogP contribution in [0.2, 0.25) is 0 Å². The van der Waals surface area contributed by atoms with Crippen LogP contribution in [-0.2, 0) is 0 Å². The van der Waals surface area contributed by atoms with Crippen molar-refractivity contribution in [3.63, 3.8) is 0 Å². The van der Waals surface area contributed by atoms with E-state index in [-0.39, 0.29) is 13.2 Å². The van der Waals surface area contributed by atoms with Gasteiger partial charge in [-0.15, -0.1) is 0 Å². The van der Waals surface area contributed by atoms with Gasteiger partial charge in [0, 0.05) is 0 Å². The third kappa shape index (κ3) is 7.78. The number of rotatable bonds is 14. The standard InChI is InChI=1S/C28H30F8O2/c1-3-5-7-9-11-15-37-27-23(33)19(29)17(20(30)24(27)34)13-14-18-21(31)25(35)28(26(36)22(18)32)38-16-12-10-8-6-4-2/h3-12,15-16H2,1-2H3. The molecule has 0 unspecified atom stereocenters. The molecule has 0 N–H and O–H groups in total. The molecule has 0 spiro atoms. The highest BCUT2D eigenvalue weighted by atomic mass is 19.2. The van der Waals surface area contributed by atoms with E-state index >= 15 is 0 Å². The Morgan fingerprint density at radius 1 is 0.421 bits per heavy atom. The smallest absolute Gasteiger partial charge is 0.205 e. The van der Waals surface area contributed by atoms with Gasteiger partial charge in [-0.3, -0.25) is 0 Å². The molecule has 0 radical (unpaired) electrons. The fourth-order valence-corrected chi connectivity index (χ4v) is 3.58. The number of unbranched alkanes of at least 4 members (excludes halogenated alkanes) is 8. The molecule has 210 valence electrons. The molecule has 2 aromatic carbocycles. The Kier molecular flexibility index (Phi) is 12.7. The minimum atomic E-state index is -1.98. The van der Waals surface area contributed by atoms with Gasteiger partial charge in [-0.05, 0) is 12.8 Å². The second-order valence-corrected chi connectivity index (χ2v) is 8.70. The number of halogens is 8. The van der Waals surface area contributed by atoms with Gasteiger partial charge in [-0.25, -0.2) is 17.6 Å². The molecule has 0 aliphatic heterocycles. The summed E-state index contributed by atoms with van der Waals surface area (Å²) in [5.41, 5.74) is -3.05. The molecule has 0 amide bonds. The molecular weight excluding hydrogens is 520 g/mol. The van der Waals surface area contributed by atoms with E-state index in [1.165, 1.54) is 11.8 Å². The van der Waals surface area contributed by atoms with E-state index in [4.69, 9.17) is 9.47 Å². The van der Waals surface area contributed by atoms with Crippen LogP contribution in [0.1, 0.15) is 89.2 Å². The van der Waals surface area contributed by atoms with Crippen molar-refractivity contribution < 1.29 is 44.6 Å². The molecule has 0 atom stereocenters. The first-order valence-corrected chi connectivity index (χ1v) is 12.7. The van der Waals surface area contributed by atoms with E-state index in [0.29, 0.717) is 25.7 Å². The van der Waals surface area contributed by atoms with Crippen LogP contribution in [0.25, 0.3) is 0 Å². The Morgan fingerprint density at radius 2 is 0.711 bits per heavy atom. The van der Waals surface area contributed by atoms with Gasteiger partial charge in [-0.1, -0.05) is 77.1 Å². The van der Waals surface area contributed by atoms with E-state index in [2.05, 4.69) is 0 Å². The topological polar surface area (TPSA) is 18.5 Å². The molecule has 0 fully saturated rings.